The Morgan fingerprint density at radius 2 is 2.06 bits per heavy atom. The summed E-state index contributed by atoms with van der Waals surface area (Å²) >= 11 is 6.22. The highest BCUT2D eigenvalue weighted by atomic mass is 35.5. The molecule has 0 radical (unpaired) electrons. The molecule has 0 bridgehead atoms. The Morgan fingerprint density at radius 3 is 2.53 bits per heavy atom. The highest BCUT2D eigenvalue weighted by Gasteiger charge is 2.34. The van der Waals surface area contributed by atoms with Gasteiger partial charge in [0.25, 0.3) is 0 Å². The van der Waals surface area contributed by atoms with Gasteiger partial charge in [0.2, 0.25) is 0 Å². The Bertz CT molecular complexity index is 404. The highest BCUT2D eigenvalue weighted by Crippen LogP contribution is 2.39. The van der Waals surface area contributed by atoms with Gasteiger partial charge < -0.3 is 15.7 Å². The van der Waals surface area contributed by atoms with E-state index in [1.54, 1.807) is 0 Å². The van der Waals surface area contributed by atoms with Gasteiger partial charge in [-0.15, -0.1) is 0 Å². The molecule has 0 aliphatic heterocycles. The number of nitrogens with zero attached hydrogens (tertiary/aromatic N) is 1. The van der Waals surface area contributed by atoms with Crippen LogP contribution in [0.2, 0.25) is 5.02 Å². The van der Waals surface area contributed by atoms with Crippen LogP contribution < -0.4 is 10.6 Å². The first-order valence-electron chi connectivity index (χ1n) is 5.91. The number of hydrogen-bond donors (Lipinski definition) is 2. The Morgan fingerprint density at radius 1 is 1.41 bits per heavy atom. The monoisotopic (exact) mass is 254 g/mol. The Balaban J connectivity index is 2.20. The summed E-state index contributed by atoms with van der Waals surface area (Å²) in [5.74, 6) is 0.356. The first-order valence-corrected chi connectivity index (χ1v) is 6.29. The predicted molar refractivity (Wildman–Crippen MR) is 71.4 cm³/mol. The smallest absolute Gasteiger partial charge is 0.0761 e. The summed E-state index contributed by atoms with van der Waals surface area (Å²) in [5, 5.41) is 10.6. The third kappa shape index (κ3) is 2.73. The summed E-state index contributed by atoms with van der Waals surface area (Å²) in [5.41, 5.74) is 7.92. The largest absolute Gasteiger partial charge is 0.391 e. The van der Waals surface area contributed by atoms with E-state index >= 15 is 0 Å². The molecule has 94 valence electrons. The van der Waals surface area contributed by atoms with E-state index in [4.69, 9.17) is 17.3 Å². The van der Waals surface area contributed by atoms with Gasteiger partial charge in [-0.2, -0.15) is 0 Å². The SMILES string of the molecule is CN(C)c1ccc([C@H](N)[C@H](O)C2CC2)c(Cl)c1. The summed E-state index contributed by atoms with van der Waals surface area (Å²) in [6.45, 7) is 0. The molecule has 0 amide bonds. The molecule has 1 saturated carbocycles. The zero-order valence-electron chi connectivity index (χ0n) is 10.2. The van der Waals surface area contributed by atoms with Crippen LogP contribution in [0.25, 0.3) is 0 Å². The molecule has 1 aromatic carbocycles. The maximum Gasteiger partial charge on any atom is 0.0761 e. The van der Waals surface area contributed by atoms with Gasteiger partial charge in [-0.25, -0.2) is 0 Å². The van der Waals surface area contributed by atoms with E-state index in [2.05, 4.69) is 0 Å². The topological polar surface area (TPSA) is 49.5 Å². The van der Waals surface area contributed by atoms with Crippen LogP contribution >= 0.6 is 11.6 Å². The van der Waals surface area contributed by atoms with Crippen LogP contribution in [0.4, 0.5) is 5.69 Å². The van der Waals surface area contributed by atoms with Gasteiger partial charge in [-0.3, -0.25) is 0 Å². The van der Waals surface area contributed by atoms with Crippen molar-refractivity contribution < 1.29 is 5.11 Å². The fourth-order valence-corrected chi connectivity index (χ4v) is 2.28. The van der Waals surface area contributed by atoms with E-state index in [0.29, 0.717) is 10.9 Å². The summed E-state index contributed by atoms with van der Waals surface area (Å²) in [6, 6.07) is 5.39. The van der Waals surface area contributed by atoms with Crippen molar-refractivity contribution in [2.75, 3.05) is 19.0 Å². The number of aliphatic hydroxyl groups excluding tert-OH is 1. The van der Waals surface area contributed by atoms with E-state index < -0.39 is 6.10 Å². The Kier molecular flexibility index (Phi) is 3.61. The molecule has 4 heteroatoms. The van der Waals surface area contributed by atoms with Crippen molar-refractivity contribution >= 4 is 17.3 Å². The highest BCUT2D eigenvalue weighted by molar-refractivity contribution is 6.31. The number of hydrogen-bond acceptors (Lipinski definition) is 3. The van der Waals surface area contributed by atoms with E-state index in [0.717, 1.165) is 24.1 Å². The fourth-order valence-electron chi connectivity index (χ4n) is 1.98. The van der Waals surface area contributed by atoms with Gasteiger partial charge >= 0.3 is 0 Å². The van der Waals surface area contributed by atoms with Crippen molar-refractivity contribution in [1.82, 2.24) is 0 Å². The van der Waals surface area contributed by atoms with Crippen LogP contribution in [0.15, 0.2) is 18.2 Å². The van der Waals surface area contributed by atoms with Gasteiger partial charge in [0.1, 0.15) is 0 Å². The minimum Gasteiger partial charge on any atom is -0.391 e. The van der Waals surface area contributed by atoms with Crippen molar-refractivity contribution in [1.29, 1.82) is 0 Å². The average molecular weight is 255 g/mol. The number of aliphatic hydroxyl groups is 1. The lowest BCUT2D eigenvalue weighted by Gasteiger charge is -2.21. The predicted octanol–water partition coefficient (Wildman–Crippen LogP) is 2.18. The molecule has 0 aromatic heterocycles. The van der Waals surface area contributed by atoms with E-state index in [1.165, 1.54) is 0 Å². The number of nitrogens with two attached hydrogens (primary N) is 1. The second kappa shape index (κ2) is 4.84. The summed E-state index contributed by atoms with van der Waals surface area (Å²) in [7, 11) is 3.93. The number of anilines is 1. The molecule has 1 aliphatic rings. The molecule has 1 aromatic rings. The molecule has 0 saturated heterocycles. The van der Waals surface area contributed by atoms with E-state index in [1.807, 2.05) is 37.2 Å². The molecular weight excluding hydrogens is 236 g/mol. The van der Waals surface area contributed by atoms with E-state index in [-0.39, 0.29) is 6.04 Å². The molecule has 0 spiro atoms. The van der Waals surface area contributed by atoms with Crippen molar-refractivity contribution in [2.24, 2.45) is 11.7 Å². The third-order valence-corrected chi connectivity index (χ3v) is 3.66. The Labute approximate surface area is 107 Å². The minimum atomic E-state index is -0.474. The molecule has 3 nitrogen and oxygen atoms in total. The van der Waals surface area contributed by atoms with E-state index in [9.17, 15) is 5.11 Å². The quantitative estimate of drug-likeness (QED) is 0.866. The first-order chi connectivity index (χ1) is 8.00. The van der Waals surface area contributed by atoms with Crippen molar-refractivity contribution in [3.63, 3.8) is 0 Å². The molecule has 2 rings (SSSR count). The number of rotatable bonds is 4. The van der Waals surface area contributed by atoms with Gasteiger partial charge in [0.15, 0.2) is 0 Å². The molecule has 1 fully saturated rings. The zero-order valence-corrected chi connectivity index (χ0v) is 11.0. The average Bonchev–Trinajstić information content (AvgIpc) is 3.10. The molecule has 2 atom stereocenters. The lowest BCUT2D eigenvalue weighted by molar-refractivity contribution is 0.122. The molecule has 0 unspecified atom stereocenters. The lowest BCUT2D eigenvalue weighted by Crippen LogP contribution is -2.28. The molecular formula is C13H19ClN2O. The Hall–Kier alpha value is -0.770. The van der Waals surface area contributed by atoms with Gasteiger partial charge in [-0.1, -0.05) is 17.7 Å². The lowest BCUT2D eigenvalue weighted by atomic mass is 9.99. The van der Waals surface area contributed by atoms with Gasteiger partial charge in [0.05, 0.1) is 12.1 Å². The normalized spacial score (nSPS) is 18.9. The fraction of sp³-hybridized carbons (Fsp3) is 0.538. The second-order valence-corrected chi connectivity index (χ2v) is 5.36. The van der Waals surface area contributed by atoms with Crippen LogP contribution in [0.1, 0.15) is 24.4 Å². The second-order valence-electron chi connectivity index (χ2n) is 4.95. The van der Waals surface area contributed by atoms with Crippen LogP contribution in [-0.4, -0.2) is 25.3 Å². The molecule has 0 heterocycles. The molecule has 17 heavy (non-hydrogen) atoms. The maximum atomic E-state index is 10.0. The molecule has 3 N–H and O–H groups in total. The molecule has 1 aliphatic carbocycles. The van der Waals surface area contributed by atoms with Crippen molar-refractivity contribution in [3.8, 4) is 0 Å². The number of halogens is 1. The van der Waals surface area contributed by atoms with Crippen LogP contribution in [0.5, 0.6) is 0 Å². The third-order valence-electron chi connectivity index (χ3n) is 3.33. The summed E-state index contributed by atoms with van der Waals surface area (Å²) in [6.07, 6.45) is 1.67. The zero-order chi connectivity index (χ0) is 12.6. The van der Waals surface area contributed by atoms with Crippen LogP contribution in [0, 0.1) is 5.92 Å². The maximum absolute atomic E-state index is 10.0. The van der Waals surface area contributed by atoms with Crippen LogP contribution in [0.3, 0.4) is 0 Å². The first kappa shape index (κ1) is 12.7. The van der Waals surface area contributed by atoms with Crippen LogP contribution in [-0.2, 0) is 0 Å². The van der Waals surface area contributed by atoms with Crippen molar-refractivity contribution in [2.45, 2.75) is 25.0 Å². The van der Waals surface area contributed by atoms with Gasteiger partial charge in [0, 0.05) is 24.8 Å². The van der Waals surface area contributed by atoms with Crippen molar-refractivity contribution in [3.05, 3.63) is 28.8 Å². The minimum absolute atomic E-state index is 0.356. The van der Waals surface area contributed by atoms with Gasteiger partial charge in [-0.05, 0) is 36.5 Å². The summed E-state index contributed by atoms with van der Waals surface area (Å²) < 4.78 is 0. The standard InChI is InChI=1S/C13H19ClN2O/c1-16(2)9-5-6-10(11(14)7-9)12(15)13(17)8-3-4-8/h5-8,12-13,17H,3-4,15H2,1-2H3/t12-,13+/m0/s1. The summed E-state index contributed by atoms with van der Waals surface area (Å²) in [4.78, 5) is 1.98. The number of benzene rings is 1.